The van der Waals surface area contributed by atoms with Gasteiger partial charge in [0.1, 0.15) is 5.75 Å². The summed E-state index contributed by atoms with van der Waals surface area (Å²) >= 11 is 1.56. The van der Waals surface area contributed by atoms with Crippen LogP contribution >= 0.6 is 11.8 Å². The Morgan fingerprint density at radius 3 is 2.17 bits per heavy atom. The zero-order valence-electron chi connectivity index (χ0n) is 20.4. The van der Waals surface area contributed by atoms with E-state index in [1.165, 1.54) is 24.8 Å². The van der Waals surface area contributed by atoms with E-state index in [9.17, 15) is 18.4 Å². The first kappa shape index (κ1) is 27.8. The minimum absolute atomic E-state index is 0.141. The van der Waals surface area contributed by atoms with Crippen molar-refractivity contribution >= 4 is 27.5 Å². The van der Waals surface area contributed by atoms with Gasteiger partial charge in [-0.15, -0.1) is 11.8 Å². The van der Waals surface area contributed by atoms with Gasteiger partial charge < -0.3 is 4.74 Å². The number of amides is 1. The first-order valence-corrected chi connectivity index (χ1v) is 14.5. The van der Waals surface area contributed by atoms with Crippen LogP contribution in [0, 0.1) is 5.92 Å². The van der Waals surface area contributed by atoms with E-state index in [1.807, 2.05) is 60.7 Å². The van der Waals surface area contributed by atoms with E-state index in [1.54, 1.807) is 29.4 Å². The Hall–Kier alpha value is -2.81. The fourth-order valence-electron chi connectivity index (χ4n) is 4.22. The van der Waals surface area contributed by atoms with E-state index < -0.39 is 26.9 Å². The molecule has 0 fully saturated rings. The second-order valence-corrected chi connectivity index (χ2v) is 11.9. The molecule has 6 nitrogen and oxygen atoms in total. The van der Waals surface area contributed by atoms with Crippen molar-refractivity contribution < 1.29 is 23.2 Å². The smallest absolute Gasteiger partial charge is 0.247 e. The van der Waals surface area contributed by atoms with Crippen LogP contribution in [0.25, 0.3) is 0 Å². The molecule has 3 aromatic carbocycles. The molecule has 8 heteroatoms. The summed E-state index contributed by atoms with van der Waals surface area (Å²) in [7, 11) is -2.34. The van der Waals surface area contributed by atoms with Gasteiger partial charge in [0.25, 0.3) is 0 Å². The Balaban J connectivity index is 1.80. The molecule has 2 N–H and O–H groups in total. The lowest BCUT2D eigenvalue weighted by Crippen LogP contribution is -2.40. The number of rotatable bonds is 14. The molecular formula is C28H33NO5S2. The molecule has 192 valence electrons. The van der Waals surface area contributed by atoms with Gasteiger partial charge >= 0.3 is 0 Å². The molecule has 3 rings (SSSR count). The maximum atomic E-state index is 13.8. The van der Waals surface area contributed by atoms with Crippen molar-refractivity contribution in [1.29, 1.82) is 0 Å². The van der Waals surface area contributed by atoms with Crippen LogP contribution in [-0.4, -0.2) is 37.6 Å². The van der Waals surface area contributed by atoms with Crippen LogP contribution in [0.1, 0.15) is 31.2 Å². The highest BCUT2D eigenvalue weighted by molar-refractivity contribution is 7.99. The average molecular weight is 528 g/mol. The van der Waals surface area contributed by atoms with E-state index in [0.29, 0.717) is 30.8 Å². The Morgan fingerprint density at radius 1 is 0.917 bits per heavy atom. The molecule has 0 heterocycles. The molecule has 1 amide bonds. The second-order valence-electron chi connectivity index (χ2n) is 8.52. The average Bonchev–Trinajstić information content (AvgIpc) is 2.92. The third-order valence-electron chi connectivity index (χ3n) is 6.17. The molecule has 1 unspecified atom stereocenters. The highest BCUT2D eigenvalue weighted by Gasteiger charge is 2.38. The predicted molar refractivity (Wildman–Crippen MR) is 143 cm³/mol. The molecular weight excluding hydrogens is 494 g/mol. The molecule has 3 aromatic rings. The van der Waals surface area contributed by atoms with Crippen molar-refractivity contribution in [3.63, 3.8) is 0 Å². The standard InChI is InChI=1S/C28H33NO5S2/c1-34-23-16-18-25(19-17-23)36(32,33)27(15-9-8-12-22-10-4-2-5-11-22)26(28(30)29-31)20-21-35-24-13-6-3-7-14-24/h2-7,10-11,13-14,16-19,26-27,31H,8-9,12,15,20-21H2,1H3,(H,29,30)/t26?,27-/m1/s1. The van der Waals surface area contributed by atoms with Crippen molar-refractivity contribution in [3.8, 4) is 5.75 Å². The van der Waals surface area contributed by atoms with Crippen molar-refractivity contribution in [2.24, 2.45) is 5.92 Å². The number of sulfone groups is 1. The summed E-state index contributed by atoms with van der Waals surface area (Å²) in [6, 6.07) is 26.0. The molecule has 0 aliphatic carbocycles. The number of hydrogen-bond donors (Lipinski definition) is 2. The Bertz CT molecular complexity index is 1170. The van der Waals surface area contributed by atoms with Gasteiger partial charge in [0.2, 0.25) is 5.91 Å². The molecule has 0 aliphatic rings. The van der Waals surface area contributed by atoms with Gasteiger partial charge in [-0.1, -0.05) is 55.0 Å². The molecule has 2 atom stereocenters. The molecule has 0 spiro atoms. The highest BCUT2D eigenvalue weighted by atomic mass is 32.2. The lowest BCUT2D eigenvalue weighted by Gasteiger charge is -2.26. The zero-order valence-corrected chi connectivity index (χ0v) is 22.0. The monoisotopic (exact) mass is 527 g/mol. The van der Waals surface area contributed by atoms with Crippen molar-refractivity contribution in [2.45, 2.75) is 47.1 Å². The summed E-state index contributed by atoms with van der Waals surface area (Å²) in [5, 5.41) is 8.51. The van der Waals surface area contributed by atoms with Gasteiger partial charge in [-0.05, 0) is 73.4 Å². The molecule has 0 radical (unpaired) electrons. The fourth-order valence-corrected chi connectivity index (χ4v) is 7.21. The number of benzene rings is 3. The summed E-state index contributed by atoms with van der Waals surface area (Å²) in [6.07, 6.45) is 2.89. The first-order chi connectivity index (χ1) is 17.5. The second kappa shape index (κ2) is 14.1. The first-order valence-electron chi connectivity index (χ1n) is 12.0. The number of hydrogen-bond acceptors (Lipinski definition) is 6. The Kier molecular flexibility index (Phi) is 10.8. The van der Waals surface area contributed by atoms with Crippen LogP contribution in [-0.2, 0) is 21.1 Å². The Labute approximate surface area is 218 Å². The van der Waals surface area contributed by atoms with Gasteiger partial charge in [0.15, 0.2) is 9.84 Å². The third kappa shape index (κ3) is 7.85. The van der Waals surface area contributed by atoms with Crippen LogP contribution in [0.5, 0.6) is 5.75 Å². The maximum Gasteiger partial charge on any atom is 0.247 e. The lowest BCUT2D eigenvalue weighted by atomic mass is 9.96. The highest BCUT2D eigenvalue weighted by Crippen LogP contribution is 2.31. The maximum absolute atomic E-state index is 13.8. The fraction of sp³-hybridized carbons (Fsp3) is 0.321. The van der Waals surface area contributed by atoms with E-state index >= 15 is 0 Å². The van der Waals surface area contributed by atoms with Crippen LogP contribution in [0.15, 0.2) is 94.7 Å². The molecule has 36 heavy (non-hydrogen) atoms. The SMILES string of the molecule is COc1ccc(S(=O)(=O)[C@H](CCCCc2ccccc2)C(CCSc2ccccc2)C(=O)NO)cc1. The largest absolute Gasteiger partial charge is 0.497 e. The molecule has 0 bridgehead atoms. The van der Waals surface area contributed by atoms with Gasteiger partial charge in [-0.2, -0.15) is 0 Å². The number of aryl methyl sites for hydroxylation is 1. The topological polar surface area (TPSA) is 92.7 Å². The van der Waals surface area contributed by atoms with Gasteiger partial charge in [0.05, 0.1) is 23.2 Å². The normalized spacial score (nSPS) is 13.1. The quantitative estimate of drug-likeness (QED) is 0.124. The Morgan fingerprint density at radius 2 is 1.56 bits per heavy atom. The molecule has 0 saturated heterocycles. The number of ether oxygens (including phenoxy) is 1. The van der Waals surface area contributed by atoms with E-state index in [4.69, 9.17) is 4.74 Å². The molecule has 0 aromatic heterocycles. The van der Waals surface area contributed by atoms with Crippen LogP contribution in [0.2, 0.25) is 0 Å². The number of carbonyl (C=O) groups excluding carboxylic acids is 1. The van der Waals surface area contributed by atoms with Crippen molar-refractivity contribution in [2.75, 3.05) is 12.9 Å². The lowest BCUT2D eigenvalue weighted by molar-refractivity contribution is -0.133. The summed E-state index contributed by atoms with van der Waals surface area (Å²) in [4.78, 5) is 14.0. The number of thioether (sulfide) groups is 1. The number of methoxy groups -OCH3 is 1. The van der Waals surface area contributed by atoms with E-state index in [0.717, 1.165) is 17.7 Å². The predicted octanol–water partition coefficient (Wildman–Crippen LogP) is 5.55. The molecule has 0 saturated carbocycles. The van der Waals surface area contributed by atoms with Gasteiger partial charge in [-0.25, -0.2) is 13.9 Å². The number of hydroxylamine groups is 1. The third-order valence-corrected chi connectivity index (χ3v) is 9.51. The summed E-state index contributed by atoms with van der Waals surface area (Å²) in [5.74, 6) is -0.470. The van der Waals surface area contributed by atoms with Crippen molar-refractivity contribution in [3.05, 3.63) is 90.5 Å². The molecule has 0 aliphatic heterocycles. The van der Waals surface area contributed by atoms with Crippen molar-refractivity contribution in [1.82, 2.24) is 5.48 Å². The van der Waals surface area contributed by atoms with E-state index in [2.05, 4.69) is 0 Å². The number of nitrogens with one attached hydrogen (secondary N) is 1. The van der Waals surface area contributed by atoms with Crippen LogP contribution < -0.4 is 10.2 Å². The van der Waals surface area contributed by atoms with Crippen LogP contribution in [0.4, 0.5) is 0 Å². The number of carbonyl (C=O) groups is 1. The van der Waals surface area contributed by atoms with Crippen LogP contribution in [0.3, 0.4) is 0 Å². The minimum atomic E-state index is -3.86. The van der Waals surface area contributed by atoms with Gasteiger partial charge in [0, 0.05) is 4.90 Å². The minimum Gasteiger partial charge on any atom is -0.497 e. The summed E-state index contributed by atoms with van der Waals surface area (Å²) in [5.41, 5.74) is 2.91. The van der Waals surface area contributed by atoms with Gasteiger partial charge in [-0.3, -0.25) is 10.0 Å². The van der Waals surface area contributed by atoms with E-state index in [-0.39, 0.29) is 4.90 Å². The zero-order chi connectivity index (χ0) is 25.8. The number of unbranched alkanes of at least 4 members (excludes halogenated alkanes) is 1. The summed E-state index contributed by atoms with van der Waals surface area (Å²) < 4.78 is 32.7. The summed E-state index contributed by atoms with van der Waals surface area (Å²) in [6.45, 7) is 0.